The van der Waals surface area contributed by atoms with Crippen LogP contribution in [-0.2, 0) is 11.5 Å². The maximum atomic E-state index is 5.91. The third-order valence-electron chi connectivity index (χ3n) is 6.16. The SMILES string of the molecule is CCCCCCCCCCCCCCCCCCOC[n+]1cccc2ccccc21.[Cl-]. The van der Waals surface area contributed by atoms with Crippen LogP contribution in [0.15, 0.2) is 42.6 Å². The van der Waals surface area contributed by atoms with Crippen LogP contribution in [0.5, 0.6) is 0 Å². The highest BCUT2D eigenvalue weighted by Gasteiger charge is 2.06. The Bertz CT molecular complexity index is 655. The van der Waals surface area contributed by atoms with Crippen molar-refractivity contribution in [3.05, 3.63) is 42.6 Å². The van der Waals surface area contributed by atoms with Gasteiger partial charge in [-0.3, -0.25) is 0 Å². The molecule has 1 aromatic heterocycles. The van der Waals surface area contributed by atoms with Crippen molar-refractivity contribution in [3.8, 4) is 0 Å². The van der Waals surface area contributed by atoms with Crippen molar-refractivity contribution in [3.63, 3.8) is 0 Å². The van der Waals surface area contributed by atoms with Gasteiger partial charge in [0.1, 0.15) is 0 Å². The standard InChI is InChI=1S/C28H46NO.ClH/c1-2-3-4-5-6-7-8-9-10-11-12-13-14-15-16-19-25-30-26-29-24-20-22-27-21-17-18-23-28(27)29;/h17-18,20-24H,2-16,19,25-26H2,1H3;1H/q+1;/p-1. The van der Waals surface area contributed by atoms with E-state index < -0.39 is 0 Å². The lowest BCUT2D eigenvalue weighted by Gasteiger charge is -2.04. The lowest BCUT2D eigenvalue weighted by atomic mass is 10.0. The quantitative estimate of drug-likeness (QED) is 0.208. The second-order valence-electron chi connectivity index (χ2n) is 8.88. The van der Waals surface area contributed by atoms with Gasteiger partial charge in [0.2, 0.25) is 5.52 Å². The van der Waals surface area contributed by atoms with Crippen molar-refractivity contribution in [2.75, 3.05) is 6.61 Å². The molecule has 176 valence electrons. The molecular formula is C28H46ClNO. The van der Waals surface area contributed by atoms with Crippen LogP contribution < -0.4 is 17.0 Å². The first kappa shape index (κ1) is 27.9. The number of aromatic nitrogens is 1. The Morgan fingerprint density at radius 1 is 0.613 bits per heavy atom. The van der Waals surface area contributed by atoms with E-state index in [0.29, 0.717) is 6.73 Å². The van der Waals surface area contributed by atoms with E-state index in [4.69, 9.17) is 4.74 Å². The van der Waals surface area contributed by atoms with Crippen molar-refractivity contribution in [1.82, 2.24) is 0 Å². The number of ether oxygens (including phenoxy) is 1. The fourth-order valence-electron chi connectivity index (χ4n) is 4.25. The number of nitrogens with zero attached hydrogens (tertiary/aromatic N) is 1. The van der Waals surface area contributed by atoms with Crippen LogP contribution in [-0.4, -0.2) is 6.61 Å². The fourth-order valence-corrected chi connectivity index (χ4v) is 4.25. The number of halogens is 1. The Labute approximate surface area is 198 Å². The topological polar surface area (TPSA) is 13.1 Å². The third-order valence-corrected chi connectivity index (χ3v) is 6.16. The monoisotopic (exact) mass is 447 g/mol. The highest BCUT2D eigenvalue weighted by Crippen LogP contribution is 2.14. The smallest absolute Gasteiger partial charge is 0.253 e. The minimum atomic E-state index is 0. The molecule has 0 saturated carbocycles. The van der Waals surface area contributed by atoms with Crippen LogP contribution in [0, 0.1) is 0 Å². The van der Waals surface area contributed by atoms with Gasteiger partial charge in [0, 0.05) is 17.5 Å². The molecule has 0 saturated heterocycles. The predicted octanol–water partition coefficient (Wildman–Crippen LogP) is 5.37. The van der Waals surface area contributed by atoms with E-state index in [0.717, 1.165) is 6.61 Å². The van der Waals surface area contributed by atoms with Gasteiger partial charge in [-0.15, -0.1) is 0 Å². The summed E-state index contributed by atoms with van der Waals surface area (Å²) >= 11 is 0. The first-order valence-corrected chi connectivity index (χ1v) is 12.9. The Balaban J connectivity index is 0.00000480. The zero-order chi connectivity index (χ0) is 21.1. The fraction of sp³-hybridized carbons (Fsp3) is 0.679. The first-order valence-electron chi connectivity index (χ1n) is 12.9. The lowest BCUT2D eigenvalue weighted by molar-refractivity contribution is -0.709. The second-order valence-corrected chi connectivity index (χ2v) is 8.88. The van der Waals surface area contributed by atoms with Crippen LogP contribution in [0.1, 0.15) is 110 Å². The summed E-state index contributed by atoms with van der Waals surface area (Å²) in [4.78, 5) is 0. The van der Waals surface area contributed by atoms with Crippen LogP contribution in [0.25, 0.3) is 10.9 Å². The second kappa shape index (κ2) is 19.6. The molecule has 0 aliphatic heterocycles. The maximum absolute atomic E-state index is 5.91. The number of hydrogen-bond acceptors (Lipinski definition) is 1. The maximum Gasteiger partial charge on any atom is 0.253 e. The predicted molar refractivity (Wildman–Crippen MR) is 130 cm³/mol. The molecule has 0 aliphatic carbocycles. The molecule has 3 heteroatoms. The summed E-state index contributed by atoms with van der Waals surface area (Å²) in [6, 6.07) is 12.7. The normalized spacial score (nSPS) is 11.0. The molecule has 2 aromatic rings. The average molecular weight is 448 g/mol. The van der Waals surface area contributed by atoms with Gasteiger partial charge >= 0.3 is 0 Å². The van der Waals surface area contributed by atoms with Crippen LogP contribution >= 0.6 is 0 Å². The minimum Gasteiger partial charge on any atom is -1.00 e. The molecule has 0 radical (unpaired) electrons. The van der Waals surface area contributed by atoms with E-state index in [2.05, 4.69) is 54.1 Å². The number of pyridine rings is 1. The lowest BCUT2D eigenvalue weighted by Crippen LogP contribution is -3.00. The zero-order valence-corrected chi connectivity index (χ0v) is 20.8. The van der Waals surface area contributed by atoms with Gasteiger partial charge in [0.25, 0.3) is 6.73 Å². The molecular weight excluding hydrogens is 402 g/mol. The number of rotatable bonds is 19. The molecule has 1 aromatic carbocycles. The molecule has 0 spiro atoms. The van der Waals surface area contributed by atoms with Gasteiger partial charge in [-0.2, -0.15) is 4.57 Å². The van der Waals surface area contributed by atoms with Crippen LogP contribution in [0.3, 0.4) is 0 Å². The number of benzene rings is 1. The molecule has 0 aliphatic rings. The third kappa shape index (κ3) is 13.1. The van der Waals surface area contributed by atoms with Crippen molar-refractivity contribution >= 4 is 10.9 Å². The van der Waals surface area contributed by atoms with Crippen molar-refractivity contribution in [1.29, 1.82) is 0 Å². The van der Waals surface area contributed by atoms with E-state index in [1.165, 1.54) is 114 Å². The van der Waals surface area contributed by atoms with Crippen molar-refractivity contribution < 1.29 is 21.7 Å². The number of unbranched alkanes of at least 4 members (excludes halogenated alkanes) is 15. The Hall–Kier alpha value is -1.12. The number of hydrogen-bond donors (Lipinski definition) is 0. The molecule has 2 nitrogen and oxygen atoms in total. The first-order chi connectivity index (χ1) is 14.9. The number of fused-ring (bicyclic) bond motifs is 1. The number of para-hydroxylation sites is 1. The average Bonchev–Trinajstić information content (AvgIpc) is 2.78. The van der Waals surface area contributed by atoms with Crippen LogP contribution in [0.4, 0.5) is 0 Å². The zero-order valence-electron chi connectivity index (χ0n) is 20.0. The molecule has 31 heavy (non-hydrogen) atoms. The molecule has 0 atom stereocenters. The van der Waals surface area contributed by atoms with E-state index >= 15 is 0 Å². The van der Waals surface area contributed by atoms with E-state index in [1.54, 1.807) is 0 Å². The summed E-state index contributed by atoms with van der Waals surface area (Å²) in [5.74, 6) is 0. The van der Waals surface area contributed by atoms with E-state index in [-0.39, 0.29) is 12.4 Å². The molecule has 0 unspecified atom stereocenters. The molecule has 1 heterocycles. The summed E-state index contributed by atoms with van der Waals surface area (Å²) in [6.07, 6.45) is 24.7. The summed E-state index contributed by atoms with van der Waals surface area (Å²) < 4.78 is 8.11. The molecule has 2 rings (SSSR count). The van der Waals surface area contributed by atoms with E-state index in [1.807, 2.05) is 0 Å². The van der Waals surface area contributed by atoms with E-state index in [9.17, 15) is 0 Å². The van der Waals surface area contributed by atoms with Gasteiger partial charge < -0.3 is 17.1 Å². The molecule has 0 bridgehead atoms. The summed E-state index contributed by atoms with van der Waals surface area (Å²) in [7, 11) is 0. The largest absolute Gasteiger partial charge is 1.00 e. The minimum absolute atomic E-state index is 0. The van der Waals surface area contributed by atoms with Gasteiger partial charge in [-0.25, -0.2) is 0 Å². The molecule has 0 amide bonds. The summed E-state index contributed by atoms with van der Waals surface area (Å²) in [5, 5.41) is 1.27. The Morgan fingerprint density at radius 2 is 1.10 bits per heavy atom. The van der Waals surface area contributed by atoms with Gasteiger partial charge in [0.05, 0.1) is 6.61 Å². The summed E-state index contributed by atoms with van der Waals surface area (Å²) in [6.45, 7) is 3.82. The summed E-state index contributed by atoms with van der Waals surface area (Å²) in [5.41, 5.74) is 1.24. The Kier molecular flexibility index (Phi) is 17.6. The molecule has 0 fully saturated rings. The van der Waals surface area contributed by atoms with Crippen LogP contribution in [0.2, 0.25) is 0 Å². The van der Waals surface area contributed by atoms with Crippen molar-refractivity contribution in [2.45, 2.75) is 116 Å². The van der Waals surface area contributed by atoms with Crippen molar-refractivity contribution in [2.24, 2.45) is 0 Å². The highest BCUT2D eigenvalue weighted by atomic mass is 35.5. The van der Waals surface area contributed by atoms with Gasteiger partial charge in [-0.05, 0) is 18.6 Å². The van der Waals surface area contributed by atoms with Gasteiger partial charge in [-0.1, -0.05) is 115 Å². The highest BCUT2D eigenvalue weighted by molar-refractivity contribution is 5.74. The Morgan fingerprint density at radius 3 is 1.68 bits per heavy atom. The molecule has 0 N–H and O–H groups in total. The van der Waals surface area contributed by atoms with Gasteiger partial charge in [0.15, 0.2) is 6.20 Å².